The fraction of sp³-hybridized carbons (Fsp3) is 0.261. The number of ether oxygens (including phenoxy) is 1. The van der Waals surface area contributed by atoms with Crippen LogP contribution in [-0.4, -0.2) is 46.0 Å². The maximum absolute atomic E-state index is 12.2. The fourth-order valence-electron chi connectivity index (χ4n) is 3.03. The number of carbonyl (C=O) groups excluding carboxylic acids is 2. The van der Waals surface area contributed by atoms with Crippen LogP contribution in [0.25, 0.3) is 5.69 Å². The molecule has 30 heavy (non-hydrogen) atoms. The number of aryl methyl sites for hydroxylation is 1. The Hall–Kier alpha value is -3.06. The predicted octanol–water partition coefficient (Wildman–Crippen LogP) is 3.78. The molecule has 0 radical (unpaired) electrons. The maximum Gasteiger partial charge on any atom is 0.316 e. The van der Waals surface area contributed by atoms with E-state index < -0.39 is 5.97 Å². The third kappa shape index (κ3) is 5.51. The molecule has 0 aliphatic carbocycles. The molecule has 0 aliphatic heterocycles. The summed E-state index contributed by atoms with van der Waals surface area (Å²) >= 11 is 1.38. The van der Waals surface area contributed by atoms with Gasteiger partial charge in [-0.05, 0) is 31.5 Å². The summed E-state index contributed by atoms with van der Waals surface area (Å²) in [6.07, 6.45) is 0. The van der Waals surface area contributed by atoms with E-state index in [4.69, 9.17) is 4.74 Å². The van der Waals surface area contributed by atoms with Crippen molar-refractivity contribution in [3.63, 3.8) is 0 Å². The monoisotopic (exact) mass is 423 g/mol. The van der Waals surface area contributed by atoms with Gasteiger partial charge in [-0.25, -0.2) is 4.68 Å². The minimum atomic E-state index is -0.423. The smallest absolute Gasteiger partial charge is 0.316 e. The second-order valence-electron chi connectivity index (χ2n) is 6.93. The van der Waals surface area contributed by atoms with Gasteiger partial charge in [0.1, 0.15) is 0 Å². The predicted molar refractivity (Wildman–Crippen MR) is 118 cm³/mol. The second-order valence-corrected chi connectivity index (χ2v) is 7.92. The molecule has 0 N–H and O–H groups in total. The van der Waals surface area contributed by atoms with Crippen molar-refractivity contribution in [3.8, 4) is 5.69 Å². The van der Waals surface area contributed by atoms with Crippen molar-refractivity contribution in [3.05, 3.63) is 77.6 Å². The summed E-state index contributed by atoms with van der Waals surface area (Å²) in [5.41, 5.74) is 3.82. The molecule has 3 rings (SSSR count). The Morgan fingerprint density at radius 2 is 1.67 bits per heavy atom. The number of amides is 1. The Morgan fingerprint density at radius 3 is 2.33 bits per heavy atom. The van der Waals surface area contributed by atoms with Crippen LogP contribution in [0, 0.1) is 13.8 Å². The van der Waals surface area contributed by atoms with Crippen molar-refractivity contribution in [1.82, 2.24) is 14.7 Å². The van der Waals surface area contributed by atoms with Crippen LogP contribution in [0.3, 0.4) is 0 Å². The normalized spacial score (nSPS) is 10.6. The van der Waals surface area contributed by atoms with E-state index in [1.165, 1.54) is 11.8 Å². The average molecular weight is 424 g/mol. The van der Waals surface area contributed by atoms with E-state index in [0.29, 0.717) is 6.54 Å². The molecule has 0 aliphatic rings. The number of esters is 1. The highest BCUT2D eigenvalue weighted by Crippen LogP contribution is 2.27. The number of rotatable bonds is 8. The SMILES string of the molecule is Cc1nn(-c2ccccc2)c(C)c1SCC(=O)OCC(=O)N(C)Cc1ccccc1. The number of thioether (sulfide) groups is 1. The molecule has 156 valence electrons. The highest BCUT2D eigenvalue weighted by molar-refractivity contribution is 8.00. The van der Waals surface area contributed by atoms with Gasteiger partial charge in [0, 0.05) is 13.6 Å². The Kier molecular flexibility index (Phi) is 7.30. The third-order valence-electron chi connectivity index (χ3n) is 4.60. The summed E-state index contributed by atoms with van der Waals surface area (Å²) in [5.74, 6) is -0.535. The summed E-state index contributed by atoms with van der Waals surface area (Å²) in [4.78, 5) is 26.9. The summed E-state index contributed by atoms with van der Waals surface area (Å²) in [5, 5.41) is 4.58. The molecule has 7 heteroatoms. The second kappa shape index (κ2) is 10.1. The van der Waals surface area contributed by atoms with Crippen molar-refractivity contribution in [2.75, 3.05) is 19.4 Å². The number of aromatic nitrogens is 2. The number of benzene rings is 2. The van der Waals surface area contributed by atoms with Crippen LogP contribution in [0.15, 0.2) is 65.6 Å². The Labute approximate surface area is 180 Å². The molecule has 1 amide bonds. The minimum absolute atomic E-state index is 0.123. The average Bonchev–Trinajstić information content (AvgIpc) is 3.05. The zero-order valence-corrected chi connectivity index (χ0v) is 18.2. The lowest BCUT2D eigenvalue weighted by atomic mass is 10.2. The van der Waals surface area contributed by atoms with Gasteiger partial charge in [0.15, 0.2) is 6.61 Å². The van der Waals surface area contributed by atoms with Gasteiger partial charge in [-0.2, -0.15) is 5.10 Å². The van der Waals surface area contributed by atoms with E-state index in [0.717, 1.165) is 27.5 Å². The molecule has 0 spiro atoms. The van der Waals surface area contributed by atoms with Gasteiger partial charge < -0.3 is 9.64 Å². The first-order valence-corrected chi connectivity index (χ1v) is 10.6. The first kappa shape index (κ1) is 21.6. The number of para-hydroxylation sites is 1. The lowest BCUT2D eigenvalue weighted by Gasteiger charge is -2.17. The molecule has 0 fully saturated rings. The number of nitrogens with zero attached hydrogens (tertiary/aromatic N) is 3. The van der Waals surface area contributed by atoms with Gasteiger partial charge in [-0.15, -0.1) is 11.8 Å². The minimum Gasteiger partial charge on any atom is -0.455 e. The first-order valence-electron chi connectivity index (χ1n) is 9.63. The zero-order valence-electron chi connectivity index (χ0n) is 17.4. The van der Waals surface area contributed by atoms with Crippen LogP contribution in [0.1, 0.15) is 17.0 Å². The Balaban J connectivity index is 1.50. The van der Waals surface area contributed by atoms with Gasteiger partial charge in [-0.1, -0.05) is 48.5 Å². The zero-order chi connectivity index (χ0) is 21.5. The number of likely N-dealkylation sites (N-methyl/N-ethyl adjacent to an activating group) is 1. The molecule has 0 bridgehead atoms. The first-order chi connectivity index (χ1) is 14.5. The molecular formula is C23H25N3O3S. The third-order valence-corrected chi connectivity index (χ3v) is 5.86. The molecule has 1 heterocycles. The van der Waals surface area contributed by atoms with E-state index >= 15 is 0 Å². The van der Waals surface area contributed by atoms with Crippen molar-refractivity contribution in [2.45, 2.75) is 25.3 Å². The summed E-state index contributed by atoms with van der Waals surface area (Å²) in [6.45, 7) is 4.11. The highest BCUT2D eigenvalue weighted by atomic mass is 32.2. The van der Waals surface area contributed by atoms with Gasteiger partial charge in [-0.3, -0.25) is 9.59 Å². The van der Waals surface area contributed by atoms with Crippen molar-refractivity contribution < 1.29 is 14.3 Å². The van der Waals surface area contributed by atoms with Crippen molar-refractivity contribution in [1.29, 1.82) is 0 Å². The van der Waals surface area contributed by atoms with Crippen LogP contribution in [0.2, 0.25) is 0 Å². The van der Waals surface area contributed by atoms with E-state index in [-0.39, 0.29) is 18.3 Å². The number of carbonyl (C=O) groups is 2. The summed E-state index contributed by atoms with van der Waals surface area (Å²) in [6, 6.07) is 19.5. The maximum atomic E-state index is 12.2. The quantitative estimate of drug-likeness (QED) is 0.408. The molecule has 0 saturated heterocycles. The van der Waals surface area contributed by atoms with Crippen molar-refractivity contribution in [2.24, 2.45) is 0 Å². The Morgan fingerprint density at radius 1 is 1.03 bits per heavy atom. The lowest BCUT2D eigenvalue weighted by Crippen LogP contribution is -2.31. The molecule has 0 atom stereocenters. The van der Waals surface area contributed by atoms with Crippen LogP contribution >= 0.6 is 11.8 Å². The van der Waals surface area contributed by atoms with Crippen LogP contribution in [-0.2, 0) is 20.9 Å². The highest BCUT2D eigenvalue weighted by Gasteiger charge is 2.17. The van der Waals surface area contributed by atoms with Gasteiger partial charge in [0.2, 0.25) is 0 Å². The van der Waals surface area contributed by atoms with E-state index in [1.807, 2.05) is 79.2 Å². The molecule has 0 unspecified atom stereocenters. The van der Waals surface area contributed by atoms with E-state index in [9.17, 15) is 9.59 Å². The molecular weight excluding hydrogens is 398 g/mol. The topological polar surface area (TPSA) is 64.4 Å². The van der Waals surface area contributed by atoms with Crippen LogP contribution in [0.4, 0.5) is 0 Å². The summed E-state index contributed by atoms with van der Waals surface area (Å²) in [7, 11) is 1.70. The number of hydrogen-bond acceptors (Lipinski definition) is 5. The van der Waals surface area contributed by atoms with Crippen molar-refractivity contribution >= 4 is 23.6 Å². The summed E-state index contributed by atoms with van der Waals surface area (Å²) < 4.78 is 7.04. The fourth-order valence-corrected chi connectivity index (χ4v) is 3.92. The Bertz CT molecular complexity index is 1000. The van der Waals surface area contributed by atoms with Crippen LogP contribution < -0.4 is 0 Å². The molecule has 3 aromatic rings. The standard InChI is InChI=1S/C23H25N3O3S/c1-17-23(18(2)26(24-17)20-12-8-5-9-13-20)30-16-22(28)29-15-21(27)25(3)14-19-10-6-4-7-11-19/h4-13H,14-16H2,1-3H3. The number of hydrogen-bond donors (Lipinski definition) is 0. The van der Waals surface area contributed by atoms with E-state index in [2.05, 4.69) is 5.10 Å². The lowest BCUT2D eigenvalue weighted by molar-refractivity contribution is -0.149. The molecule has 2 aromatic carbocycles. The molecule has 1 aromatic heterocycles. The largest absolute Gasteiger partial charge is 0.455 e. The van der Waals surface area contributed by atoms with Gasteiger partial charge in [0.25, 0.3) is 5.91 Å². The van der Waals surface area contributed by atoms with Crippen LogP contribution in [0.5, 0.6) is 0 Å². The molecule has 6 nitrogen and oxygen atoms in total. The van der Waals surface area contributed by atoms with E-state index in [1.54, 1.807) is 11.9 Å². The van der Waals surface area contributed by atoms with Gasteiger partial charge in [0.05, 0.1) is 27.7 Å². The molecule has 0 saturated carbocycles. The van der Waals surface area contributed by atoms with Gasteiger partial charge >= 0.3 is 5.97 Å².